The first-order chi connectivity index (χ1) is 16.9. The molecule has 0 aliphatic rings. The summed E-state index contributed by atoms with van der Waals surface area (Å²) >= 11 is 2.42. The predicted octanol–water partition coefficient (Wildman–Crippen LogP) is 5.46. The Hall–Kier alpha value is 0.450. The number of ether oxygens (including phenoxy) is 7. The Balaban J connectivity index is 2.99. The molecule has 0 aliphatic carbocycles. The van der Waals surface area contributed by atoms with E-state index in [2.05, 4.69) is 29.5 Å². The zero-order valence-corrected chi connectivity index (χ0v) is 24.1. The minimum absolute atomic E-state index is 0.566. The van der Waals surface area contributed by atoms with Gasteiger partial charge in [0.15, 0.2) is 0 Å². The monoisotopic (exact) mass is 604 g/mol. The summed E-state index contributed by atoms with van der Waals surface area (Å²) in [7, 11) is 0. The fraction of sp³-hybridized carbons (Fsp3) is 1.00. The van der Waals surface area contributed by atoms with Gasteiger partial charge in [-0.05, 0) is 23.7 Å². The van der Waals surface area contributed by atoms with Gasteiger partial charge in [-0.1, -0.05) is 74.5 Å². The lowest BCUT2D eigenvalue weighted by Crippen LogP contribution is -2.14. The van der Waals surface area contributed by atoms with Crippen molar-refractivity contribution in [2.24, 2.45) is 0 Å². The lowest BCUT2D eigenvalue weighted by molar-refractivity contribution is -0.0206. The van der Waals surface area contributed by atoms with E-state index in [1.807, 2.05) is 0 Å². The molecule has 0 amide bonds. The molecule has 0 fully saturated rings. The number of alkyl halides is 1. The van der Waals surface area contributed by atoms with E-state index in [1.54, 1.807) is 0 Å². The zero-order valence-electron chi connectivity index (χ0n) is 21.9. The molecule has 7 nitrogen and oxygen atoms in total. The summed E-state index contributed by atoms with van der Waals surface area (Å²) in [5.74, 6) is 0. The molecule has 0 heterocycles. The summed E-state index contributed by atoms with van der Waals surface area (Å²) in [5.41, 5.74) is 0. The number of unbranched alkanes of at least 4 members (excludes halogenated alkanes) is 8. The summed E-state index contributed by atoms with van der Waals surface area (Å²) in [5, 5.41) is 0. The van der Waals surface area contributed by atoms with E-state index in [-0.39, 0.29) is 0 Å². The first-order valence-corrected chi connectivity index (χ1v) is 15.0. The lowest BCUT2D eigenvalue weighted by Gasteiger charge is -2.08. The first-order valence-electron chi connectivity index (χ1n) is 13.5. The van der Waals surface area contributed by atoms with E-state index < -0.39 is 0 Å². The molecule has 0 atom stereocenters. The van der Waals surface area contributed by atoms with Crippen LogP contribution in [0.25, 0.3) is 0 Å². The molecule has 0 aromatic carbocycles. The maximum Gasteiger partial charge on any atom is 0.0701 e. The van der Waals surface area contributed by atoms with Crippen molar-refractivity contribution in [3.05, 3.63) is 0 Å². The van der Waals surface area contributed by atoms with Crippen LogP contribution in [0.1, 0.15) is 71.1 Å². The van der Waals surface area contributed by atoms with Gasteiger partial charge in [-0.2, -0.15) is 0 Å². The molecule has 0 aromatic heterocycles. The molecule has 0 rings (SSSR count). The molecule has 0 saturated heterocycles. The van der Waals surface area contributed by atoms with Crippen molar-refractivity contribution in [3.63, 3.8) is 0 Å². The highest BCUT2D eigenvalue weighted by molar-refractivity contribution is 14.1. The molecule has 0 saturated carbocycles. The van der Waals surface area contributed by atoms with Crippen LogP contribution in [0.3, 0.4) is 0 Å². The number of rotatable bonds is 31. The van der Waals surface area contributed by atoms with E-state index in [0.29, 0.717) is 79.3 Å². The van der Waals surface area contributed by atoms with Crippen LogP contribution in [0, 0.1) is 0 Å². The van der Waals surface area contributed by atoms with Crippen molar-refractivity contribution < 1.29 is 33.2 Å². The van der Waals surface area contributed by atoms with Crippen LogP contribution in [-0.4, -0.2) is 96.9 Å². The molecule has 34 heavy (non-hydrogen) atoms. The van der Waals surface area contributed by atoms with Crippen LogP contribution < -0.4 is 0 Å². The summed E-state index contributed by atoms with van der Waals surface area (Å²) < 4.78 is 39.8. The van der Waals surface area contributed by atoms with Gasteiger partial charge in [0.1, 0.15) is 0 Å². The van der Waals surface area contributed by atoms with E-state index >= 15 is 0 Å². The maximum atomic E-state index is 5.58. The average Bonchev–Trinajstić information content (AvgIpc) is 2.85. The minimum atomic E-state index is 0.566. The van der Waals surface area contributed by atoms with Gasteiger partial charge in [0.05, 0.1) is 79.3 Å². The van der Waals surface area contributed by atoms with Gasteiger partial charge in [-0.15, -0.1) is 0 Å². The van der Waals surface area contributed by atoms with Crippen LogP contribution in [0.2, 0.25) is 0 Å². The second-order valence-corrected chi connectivity index (χ2v) is 9.24. The molecule has 8 heteroatoms. The van der Waals surface area contributed by atoms with Crippen LogP contribution in [0.15, 0.2) is 0 Å². The summed E-state index contributed by atoms with van der Waals surface area (Å²) in [6.07, 6.45) is 12.8. The Morgan fingerprint density at radius 1 is 0.324 bits per heavy atom. The standard InChI is InChI=1S/C26H53IO7/c1-2-3-4-5-7-10-13-28-15-17-30-19-21-32-23-25-34-26-24-33-22-20-31-18-16-29-14-11-8-6-9-12-27/h2-26H2,1H3. The highest BCUT2D eigenvalue weighted by atomic mass is 127. The van der Waals surface area contributed by atoms with Gasteiger partial charge in [0.25, 0.3) is 0 Å². The van der Waals surface area contributed by atoms with Crippen molar-refractivity contribution in [1.82, 2.24) is 0 Å². The summed E-state index contributed by atoms with van der Waals surface area (Å²) in [6.45, 7) is 11.1. The van der Waals surface area contributed by atoms with Gasteiger partial charge < -0.3 is 33.2 Å². The van der Waals surface area contributed by atoms with Crippen LogP contribution in [0.4, 0.5) is 0 Å². The molecule has 0 unspecified atom stereocenters. The fourth-order valence-corrected chi connectivity index (χ4v) is 3.60. The van der Waals surface area contributed by atoms with Gasteiger partial charge >= 0.3 is 0 Å². The molecule has 0 radical (unpaired) electrons. The summed E-state index contributed by atoms with van der Waals surface area (Å²) in [4.78, 5) is 0. The quantitative estimate of drug-likeness (QED) is 0.0592. The van der Waals surface area contributed by atoms with Crippen molar-refractivity contribution in [2.45, 2.75) is 71.1 Å². The average molecular weight is 605 g/mol. The topological polar surface area (TPSA) is 64.6 Å². The second-order valence-electron chi connectivity index (χ2n) is 8.16. The van der Waals surface area contributed by atoms with Gasteiger partial charge in [-0.25, -0.2) is 0 Å². The lowest BCUT2D eigenvalue weighted by atomic mass is 10.1. The Bertz CT molecular complexity index is 319. The van der Waals surface area contributed by atoms with Crippen molar-refractivity contribution >= 4 is 22.6 Å². The molecule has 0 aromatic rings. The normalized spacial score (nSPS) is 11.5. The first kappa shape index (κ1) is 34.5. The Kier molecular flexibility index (Phi) is 33.9. The van der Waals surface area contributed by atoms with Crippen molar-refractivity contribution in [2.75, 3.05) is 96.9 Å². The molecular formula is C26H53IO7. The molecule has 0 aliphatic heterocycles. The molecule has 206 valence electrons. The SMILES string of the molecule is CCCCCCCCOCCOCCOCCOCCOCCOCCOCCCCCCI. The Morgan fingerprint density at radius 2 is 0.588 bits per heavy atom. The number of hydrogen-bond donors (Lipinski definition) is 0. The maximum absolute atomic E-state index is 5.58. The van der Waals surface area contributed by atoms with E-state index in [1.165, 1.54) is 55.8 Å². The van der Waals surface area contributed by atoms with Gasteiger partial charge in [0, 0.05) is 13.2 Å². The van der Waals surface area contributed by atoms with Crippen LogP contribution in [-0.2, 0) is 33.2 Å². The largest absolute Gasteiger partial charge is 0.379 e. The third kappa shape index (κ3) is 32.5. The molecule has 0 N–H and O–H groups in total. The van der Waals surface area contributed by atoms with Crippen LogP contribution in [0.5, 0.6) is 0 Å². The highest BCUT2D eigenvalue weighted by Crippen LogP contribution is 2.05. The number of hydrogen-bond acceptors (Lipinski definition) is 7. The van der Waals surface area contributed by atoms with Crippen molar-refractivity contribution in [1.29, 1.82) is 0 Å². The molecule has 0 spiro atoms. The van der Waals surface area contributed by atoms with Gasteiger partial charge in [-0.3, -0.25) is 0 Å². The number of halogens is 1. The Labute approximate surface area is 223 Å². The zero-order chi connectivity index (χ0) is 24.6. The highest BCUT2D eigenvalue weighted by Gasteiger charge is 1.96. The van der Waals surface area contributed by atoms with E-state index in [0.717, 1.165) is 26.1 Å². The van der Waals surface area contributed by atoms with E-state index in [9.17, 15) is 0 Å². The third-order valence-electron chi connectivity index (χ3n) is 5.05. The molecule has 0 bridgehead atoms. The fourth-order valence-electron chi connectivity index (χ4n) is 3.06. The minimum Gasteiger partial charge on any atom is -0.379 e. The van der Waals surface area contributed by atoms with Crippen molar-refractivity contribution in [3.8, 4) is 0 Å². The predicted molar refractivity (Wildman–Crippen MR) is 146 cm³/mol. The van der Waals surface area contributed by atoms with Gasteiger partial charge in [0.2, 0.25) is 0 Å². The summed E-state index contributed by atoms with van der Waals surface area (Å²) in [6, 6.07) is 0. The van der Waals surface area contributed by atoms with Crippen LogP contribution >= 0.6 is 22.6 Å². The smallest absolute Gasteiger partial charge is 0.0701 e. The molecular weight excluding hydrogens is 551 g/mol. The second kappa shape index (κ2) is 33.4. The van der Waals surface area contributed by atoms with E-state index in [4.69, 9.17) is 33.2 Å². The third-order valence-corrected chi connectivity index (χ3v) is 5.81. The Morgan fingerprint density at radius 3 is 0.912 bits per heavy atom.